The Labute approximate surface area is 304 Å². The zero-order chi connectivity index (χ0) is 35.4. The minimum Gasteiger partial charge on any atom is -0.313 e. The van der Waals surface area contributed by atoms with Crippen molar-refractivity contribution in [3.05, 3.63) is 194 Å². The zero-order valence-electron chi connectivity index (χ0n) is 29.3. The lowest BCUT2D eigenvalue weighted by molar-refractivity contribution is 1.06. The van der Waals surface area contributed by atoms with Gasteiger partial charge in [0.25, 0.3) is 0 Å². The number of para-hydroxylation sites is 4. The van der Waals surface area contributed by atoms with E-state index in [1.54, 1.807) is 6.08 Å². The number of anilines is 3. The first-order chi connectivity index (χ1) is 25.6. The van der Waals surface area contributed by atoms with Crippen LogP contribution in [0.4, 0.5) is 17.1 Å². The highest BCUT2D eigenvalue weighted by Crippen LogP contribution is 2.42. The molecule has 0 aliphatic heterocycles. The number of aryl methyl sites for hydroxylation is 1. The lowest BCUT2D eigenvalue weighted by Crippen LogP contribution is -2.11. The van der Waals surface area contributed by atoms with E-state index in [4.69, 9.17) is 9.97 Å². The summed E-state index contributed by atoms with van der Waals surface area (Å²) in [5.41, 5.74) is 12.4. The first-order valence-electron chi connectivity index (χ1n) is 17.6. The van der Waals surface area contributed by atoms with Crippen molar-refractivity contribution in [1.82, 2.24) is 14.5 Å². The number of hydrogen-bond acceptors (Lipinski definition) is 3. The molecule has 9 aromatic rings. The van der Waals surface area contributed by atoms with E-state index < -0.39 is 0 Å². The summed E-state index contributed by atoms with van der Waals surface area (Å²) in [5.74, 6) is 0. The van der Waals surface area contributed by atoms with E-state index in [1.807, 2.05) is 49.4 Å². The molecular formula is C48H38N4. The molecule has 2 heterocycles. The molecule has 52 heavy (non-hydrogen) atoms. The molecule has 0 atom stereocenters. The van der Waals surface area contributed by atoms with Crippen molar-refractivity contribution in [2.45, 2.75) is 13.8 Å². The highest BCUT2D eigenvalue weighted by atomic mass is 15.1. The molecule has 4 nitrogen and oxygen atoms in total. The van der Waals surface area contributed by atoms with Crippen molar-refractivity contribution in [2.75, 3.05) is 4.90 Å². The highest BCUT2D eigenvalue weighted by Gasteiger charge is 2.20. The smallest absolute Gasteiger partial charge is 0.0973 e. The number of aromatic nitrogens is 3. The van der Waals surface area contributed by atoms with Gasteiger partial charge in [-0.2, -0.15) is 0 Å². The van der Waals surface area contributed by atoms with Gasteiger partial charge in [-0.25, -0.2) is 9.97 Å². The van der Waals surface area contributed by atoms with Gasteiger partial charge in [0.2, 0.25) is 0 Å². The van der Waals surface area contributed by atoms with Crippen LogP contribution in [-0.4, -0.2) is 14.5 Å². The summed E-state index contributed by atoms with van der Waals surface area (Å²) < 4.78 is 2.37. The molecule has 0 radical (unpaired) electrons. The Hall–Kier alpha value is -6.78. The fourth-order valence-electron chi connectivity index (χ4n) is 7.04. The van der Waals surface area contributed by atoms with Crippen LogP contribution < -0.4 is 4.90 Å². The second-order valence-electron chi connectivity index (χ2n) is 12.7. The van der Waals surface area contributed by atoms with E-state index in [9.17, 15) is 0 Å². The van der Waals surface area contributed by atoms with Crippen LogP contribution >= 0.6 is 0 Å². The normalized spacial score (nSPS) is 11.0. The van der Waals surface area contributed by atoms with Gasteiger partial charge in [-0.05, 0) is 74.5 Å². The third-order valence-electron chi connectivity index (χ3n) is 9.29. The molecule has 0 aliphatic rings. The van der Waals surface area contributed by atoms with Crippen LogP contribution in [0.5, 0.6) is 0 Å². The van der Waals surface area contributed by atoms with Gasteiger partial charge >= 0.3 is 0 Å². The van der Waals surface area contributed by atoms with Crippen LogP contribution in [0.15, 0.2) is 189 Å². The molecule has 250 valence electrons. The van der Waals surface area contributed by atoms with Crippen LogP contribution in [0.2, 0.25) is 0 Å². The first-order valence-corrected chi connectivity index (χ1v) is 17.6. The summed E-state index contributed by atoms with van der Waals surface area (Å²) in [5, 5.41) is 3.61. The van der Waals surface area contributed by atoms with Gasteiger partial charge in [-0.3, -0.25) is 0 Å². The van der Waals surface area contributed by atoms with E-state index in [0.717, 1.165) is 50.6 Å². The van der Waals surface area contributed by atoms with Crippen molar-refractivity contribution in [2.24, 2.45) is 0 Å². The third kappa shape index (κ3) is 6.01. The average molecular weight is 671 g/mol. The third-order valence-corrected chi connectivity index (χ3v) is 9.29. The molecule has 0 aliphatic carbocycles. The molecule has 0 unspecified atom stereocenters. The standard InChI is InChI=1S/C45H32N4.C3H6/c1-31-30-34-16-8-13-23-41(34)48(31)42-28-29-43(38-20-10-9-19-37(38)42)49(35-17-6-3-7-18-35)36-26-24-33(25-27-36)45-44(32-14-4-2-5-15-32)46-39-21-11-12-22-40(39)47-45;1-3-2/h2-30H,1H3;3H,1H2,2H3. The first kappa shape index (κ1) is 32.4. The molecule has 0 saturated heterocycles. The van der Waals surface area contributed by atoms with Crippen LogP contribution in [0.3, 0.4) is 0 Å². The van der Waals surface area contributed by atoms with Gasteiger partial charge in [0.15, 0.2) is 0 Å². The quantitative estimate of drug-likeness (QED) is 0.165. The van der Waals surface area contributed by atoms with Crippen molar-refractivity contribution in [1.29, 1.82) is 0 Å². The maximum absolute atomic E-state index is 5.14. The van der Waals surface area contributed by atoms with Crippen molar-refractivity contribution < 1.29 is 0 Å². The molecule has 0 amide bonds. The minimum absolute atomic E-state index is 0.867. The summed E-state index contributed by atoms with van der Waals surface area (Å²) in [6.07, 6.45) is 1.75. The number of rotatable bonds is 6. The fourth-order valence-corrected chi connectivity index (χ4v) is 7.04. The molecule has 0 N–H and O–H groups in total. The van der Waals surface area contributed by atoms with Gasteiger partial charge in [0, 0.05) is 44.4 Å². The number of fused-ring (bicyclic) bond motifs is 3. The van der Waals surface area contributed by atoms with E-state index in [0.29, 0.717) is 0 Å². The summed E-state index contributed by atoms with van der Waals surface area (Å²) in [6, 6.07) is 61.8. The lowest BCUT2D eigenvalue weighted by Gasteiger charge is -2.28. The Morgan fingerprint density at radius 2 is 1.06 bits per heavy atom. The lowest BCUT2D eigenvalue weighted by atomic mass is 10.0. The molecule has 4 heteroatoms. The maximum atomic E-state index is 5.14. The fraction of sp³-hybridized carbons (Fsp3) is 0.0417. The Morgan fingerprint density at radius 3 is 1.73 bits per heavy atom. The number of allylic oxidation sites excluding steroid dienone is 1. The van der Waals surface area contributed by atoms with E-state index in [2.05, 4.69) is 156 Å². The SMILES string of the molecule is C=CC.Cc1cc2ccccc2n1-c1ccc(N(c2ccccc2)c2ccc(-c3nc4ccccc4nc3-c3ccccc3)cc2)c2ccccc12. The van der Waals surface area contributed by atoms with Crippen LogP contribution in [0.25, 0.3) is 60.9 Å². The molecule has 0 fully saturated rings. The van der Waals surface area contributed by atoms with Gasteiger partial charge in [0.05, 0.1) is 39.3 Å². The van der Waals surface area contributed by atoms with Gasteiger partial charge in [-0.15, -0.1) is 6.58 Å². The number of benzene rings is 7. The predicted octanol–water partition coefficient (Wildman–Crippen LogP) is 13.0. The van der Waals surface area contributed by atoms with E-state index >= 15 is 0 Å². The highest BCUT2D eigenvalue weighted by molar-refractivity contribution is 6.04. The molecule has 0 bridgehead atoms. The van der Waals surface area contributed by atoms with Crippen molar-refractivity contribution in [3.8, 4) is 28.2 Å². The van der Waals surface area contributed by atoms with Gasteiger partial charge < -0.3 is 9.47 Å². The van der Waals surface area contributed by atoms with E-state index in [1.165, 1.54) is 33.1 Å². The molecule has 2 aromatic heterocycles. The van der Waals surface area contributed by atoms with Crippen LogP contribution in [-0.2, 0) is 0 Å². The largest absolute Gasteiger partial charge is 0.313 e. The van der Waals surface area contributed by atoms with E-state index in [-0.39, 0.29) is 0 Å². The Morgan fingerprint density at radius 1 is 0.538 bits per heavy atom. The van der Waals surface area contributed by atoms with Crippen molar-refractivity contribution in [3.63, 3.8) is 0 Å². The topological polar surface area (TPSA) is 34.0 Å². The minimum atomic E-state index is 0.867. The average Bonchev–Trinajstić information content (AvgIpc) is 3.54. The second kappa shape index (κ2) is 14.2. The van der Waals surface area contributed by atoms with Gasteiger partial charge in [0.1, 0.15) is 0 Å². The van der Waals surface area contributed by atoms with Crippen LogP contribution in [0.1, 0.15) is 12.6 Å². The summed E-state index contributed by atoms with van der Waals surface area (Å²) >= 11 is 0. The molecule has 0 spiro atoms. The second-order valence-corrected chi connectivity index (χ2v) is 12.7. The summed E-state index contributed by atoms with van der Waals surface area (Å²) in [7, 11) is 0. The molecule has 7 aromatic carbocycles. The summed E-state index contributed by atoms with van der Waals surface area (Å²) in [4.78, 5) is 12.6. The Bertz CT molecular complexity index is 2660. The molecule has 0 saturated carbocycles. The number of nitrogens with zero attached hydrogens (tertiary/aromatic N) is 4. The predicted molar refractivity (Wildman–Crippen MR) is 220 cm³/mol. The monoisotopic (exact) mass is 670 g/mol. The Balaban J connectivity index is 0.00000125. The molecular weight excluding hydrogens is 633 g/mol. The van der Waals surface area contributed by atoms with Crippen LogP contribution in [0, 0.1) is 6.92 Å². The van der Waals surface area contributed by atoms with Gasteiger partial charge in [-0.1, -0.05) is 121 Å². The Kier molecular flexibility index (Phi) is 8.87. The zero-order valence-corrected chi connectivity index (χ0v) is 29.3. The van der Waals surface area contributed by atoms with Crippen molar-refractivity contribution >= 4 is 49.8 Å². The molecule has 9 rings (SSSR count). The number of hydrogen-bond donors (Lipinski definition) is 0. The maximum Gasteiger partial charge on any atom is 0.0973 e. The summed E-state index contributed by atoms with van der Waals surface area (Å²) in [6.45, 7) is 7.43.